The van der Waals surface area contributed by atoms with Crippen LogP contribution in [0.4, 0.5) is 5.69 Å². The largest absolute Gasteiger partial charge is 0.376 e. The van der Waals surface area contributed by atoms with Crippen LogP contribution in [0.3, 0.4) is 0 Å². The molecule has 0 bridgehead atoms. The Hall–Kier alpha value is -3.07. The zero-order valence-corrected chi connectivity index (χ0v) is 13.4. The third-order valence-electron chi connectivity index (χ3n) is 3.59. The van der Waals surface area contributed by atoms with Gasteiger partial charge in [0.2, 0.25) is 0 Å². The molecule has 2 aromatic rings. The van der Waals surface area contributed by atoms with Gasteiger partial charge in [0.1, 0.15) is 11.8 Å². The third kappa shape index (κ3) is 4.20. The second kappa shape index (κ2) is 7.27. The quantitative estimate of drug-likeness (QED) is 0.655. The van der Waals surface area contributed by atoms with Gasteiger partial charge in [-0.3, -0.25) is 4.79 Å². The summed E-state index contributed by atoms with van der Waals surface area (Å²) in [7, 11) is 1.81. The molecule has 6 heteroatoms. The highest BCUT2D eigenvalue weighted by atomic mass is 16.2. The molecule has 118 valence electrons. The summed E-state index contributed by atoms with van der Waals surface area (Å²) in [6.45, 7) is 4.04. The molecule has 0 spiro atoms. The molecular weight excluding hydrogens is 290 g/mol. The molecule has 0 fully saturated rings. The summed E-state index contributed by atoms with van der Waals surface area (Å²) >= 11 is 0. The number of hydrogen-bond acceptors (Lipinski definition) is 4. The lowest BCUT2D eigenvalue weighted by Crippen LogP contribution is -2.25. The summed E-state index contributed by atoms with van der Waals surface area (Å²) in [5, 5.41) is 15.9. The molecule has 0 radical (unpaired) electrons. The minimum absolute atomic E-state index is 0.137. The second-order valence-corrected chi connectivity index (χ2v) is 5.25. The average Bonchev–Trinajstić information content (AvgIpc) is 2.82. The van der Waals surface area contributed by atoms with Crippen molar-refractivity contribution >= 4 is 17.8 Å². The Balaban J connectivity index is 1.87. The van der Waals surface area contributed by atoms with Gasteiger partial charge >= 0.3 is 0 Å². The van der Waals surface area contributed by atoms with E-state index < -0.39 is 0 Å². The first kappa shape index (κ1) is 16.3. The zero-order chi connectivity index (χ0) is 16.8. The average molecular weight is 309 g/mol. The molecule has 0 atom stereocenters. The molecule has 0 aliphatic carbocycles. The van der Waals surface area contributed by atoms with Gasteiger partial charge in [-0.25, -0.2) is 5.43 Å². The fourth-order valence-corrected chi connectivity index (χ4v) is 2.03. The number of nitrogens with one attached hydrogen (secondary N) is 2. The number of anilines is 1. The van der Waals surface area contributed by atoms with Gasteiger partial charge in [0.25, 0.3) is 5.91 Å². The summed E-state index contributed by atoms with van der Waals surface area (Å²) in [5.41, 5.74) is 6.78. The number of rotatable bonds is 5. The van der Waals surface area contributed by atoms with E-state index in [4.69, 9.17) is 5.26 Å². The number of amides is 1. The smallest absolute Gasteiger partial charge is 0.259 e. The van der Waals surface area contributed by atoms with Gasteiger partial charge in [0.05, 0.1) is 12.8 Å². The topological polar surface area (TPSA) is 82.2 Å². The van der Waals surface area contributed by atoms with Crippen LogP contribution in [0.25, 0.3) is 0 Å². The van der Waals surface area contributed by atoms with Crippen LogP contribution in [0.15, 0.2) is 35.4 Å². The summed E-state index contributed by atoms with van der Waals surface area (Å²) in [6, 6.07) is 11.6. The number of nitriles is 1. The van der Waals surface area contributed by atoms with E-state index in [0.29, 0.717) is 5.69 Å². The zero-order valence-electron chi connectivity index (χ0n) is 13.4. The van der Waals surface area contributed by atoms with E-state index in [1.54, 1.807) is 16.8 Å². The first-order valence-corrected chi connectivity index (χ1v) is 7.20. The molecular formula is C17H19N5O. The molecule has 23 heavy (non-hydrogen) atoms. The SMILES string of the molecule is Cc1ccc(NCC(=O)N/N=C\c2cc(C#N)n(C)c2C)cc1. The number of carbonyl (C=O) groups is 1. The highest BCUT2D eigenvalue weighted by Crippen LogP contribution is 2.11. The first-order chi connectivity index (χ1) is 11.0. The van der Waals surface area contributed by atoms with Gasteiger partial charge in [-0.05, 0) is 32.0 Å². The van der Waals surface area contributed by atoms with Gasteiger partial charge in [-0.2, -0.15) is 10.4 Å². The predicted octanol–water partition coefficient (Wildman–Crippen LogP) is 2.08. The molecule has 1 aromatic heterocycles. The van der Waals surface area contributed by atoms with Crippen LogP contribution >= 0.6 is 0 Å². The van der Waals surface area contributed by atoms with Crippen molar-refractivity contribution in [1.29, 1.82) is 5.26 Å². The van der Waals surface area contributed by atoms with Crippen molar-refractivity contribution in [3.05, 3.63) is 52.8 Å². The van der Waals surface area contributed by atoms with Crippen molar-refractivity contribution in [2.75, 3.05) is 11.9 Å². The van der Waals surface area contributed by atoms with E-state index in [9.17, 15) is 4.79 Å². The summed E-state index contributed by atoms with van der Waals surface area (Å²) < 4.78 is 1.78. The molecule has 0 aliphatic rings. The first-order valence-electron chi connectivity index (χ1n) is 7.20. The maximum absolute atomic E-state index is 11.7. The van der Waals surface area contributed by atoms with Crippen LogP contribution in [-0.4, -0.2) is 23.2 Å². The lowest BCUT2D eigenvalue weighted by atomic mass is 10.2. The number of hydrazone groups is 1. The van der Waals surface area contributed by atoms with Crippen LogP contribution in [0.5, 0.6) is 0 Å². The maximum atomic E-state index is 11.7. The molecule has 2 rings (SSSR count). The van der Waals surface area contributed by atoms with Crippen molar-refractivity contribution in [3.8, 4) is 6.07 Å². The number of aromatic nitrogens is 1. The maximum Gasteiger partial charge on any atom is 0.259 e. The lowest BCUT2D eigenvalue weighted by Gasteiger charge is -2.05. The number of benzene rings is 1. The predicted molar refractivity (Wildman–Crippen MR) is 90.3 cm³/mol. The van der Waals surface area contributed by atoms with Gasteiger partial charge in [-0.1, -0.05) is 17.7 Å². The van der Waals surface area contributed by atoms with Gasteiger partial charge in [0.15, 0.2) is 0 Å². The summed E-state index contributed by atoms with van der Waals surface area (Å²) in [6.07, 6.45) is 1.54. The van der Waals surface area contributed by atoms with Crippen LogP contribution in [-0.2, 0) is 11.8 Å². The minimum atomic E-state index is -0.240. The second-order valence-electron chi connectivity index (χ2n) is 5.25. The van der Waals surface area contributed by atoms with E-state index in [-0.39, 0.29) is 12.5 Å². The summed E-state index contributed by atoms with van der Waals surface area (Å²) in [5.74, 6) is -0.240. The highest BCUT2D eigenvalue weighted by Gasteiger charge is 2.06. The number of hydrogen-bond donors (Lipinski definition) is 2. The fraction of sp³-hybridized carbons (Fsp3) is 0.235. The Morgan fingerprint density at radius 3 is 2.65 bits per heavy atom. The van der Waals surface area contributed by atoms with Crippen LogP contribution in [0.2, 0.25) is 0 Å². The van der Waals surface area contributed by atoms with Crippen molar-refractivity contribution in [3.63, 3.8) is 0 Å². The van der Waals surface area contributed by atoms with Gasteiger partial charge in [0, 0.05) is 24.0 Å². The van der Waals surface area contributed by atoms with Crippen molar-refractivity contribution in [1.82, 2.24) is 9.99 Å². The molecule has 6 nitrogen and oxygen atoms in total. The van der Waals surface area contributed by atoms with E-state index in [1.165, 1.54) is 5.56 Å². The molecule has 0 saturated heterocycles. The highest BCUT2D eigenvalue weighted by molar-refractivity contribution is 5.85. The monoisotopic (exact) mass is 309 g/mol. The Bertz CT molecular complexity index is 766. The van der Waals surface area contributed by atoms with Crippen LogP contribution in [0.1, 0.15) is 22.5 Å². The fourth-order valence-electron chi connectivity index (χ4n) is 2.03. The summed E-state index contributed by atoms with van der Waals surface area (Å²) in [4.78, 5) is 11.7. The molecule has 2 N–H and O–H groups in total. The van der Waals surface area contributed by atoms with Crippen molar-refractivity contribution in [2.24, 2.45) is 12.1 Å². The van der Waals surface area contributed by atoms with Crippen LogP contribution < -0.4 is 10.7 Å². The van der Waals surface area contributed by atoms with Crippen LogP contribution in [0, 0.1) is 25.2 Å². The normalized spacial score (nSPS) is 10.5. The standard InChI is InChI=1S/C17H19N5O/c1-12-4-6-15(7-5-12)19-11-17(23)21-20-10-14-8-16(9-18)22(3)13(14)2/h4-8,10,19H,11H2,1-3H3,(H,21,23)/b20-10-. The van der Waals surface area contributed by atoms with Gasteiger partial charge in [-0.15, -0.1) is 0 Å². The van der Waals surface area contributed by atoms with Crippen molar-refractivity contribution in [2.45, 2.75) is 13.8 Å². The molecule has 1 heterocycles. The van der Waals surface area contributed by atoms with E-state index in [1.807, 2.05) is 45.2 Å². The minimum Gasteiger partial charge on any atom is -0.376 e. The Morgan fingerprint density at radius 1 is 1.35 bits per heavy atom. The Labute approximate surface area is 135 Å². The van der Waals surface area contributed by atoms with E-state index >= 15 is 0 Å². The van der Waals surface area contributed by atoms with Gasteiger partial charge < -0.3 is 9.88 Å². The number of nitrogens with zero attached hydrogens (tertiary/aromatic N) is 3. The lowest BCUT2D eigenvalue weighted by molar-refractivity contribution is -0.119. The molecule has 0 unspecified atom stereocenters. The van der Waals surface area contributed by atoms with E-state index in [2.05, 4.69) is 21.9 Å². The van der Waals surface area contributed by atoms with E-state index in [0.717, 1.165) is 16.9 Å². The molecule has 1 aromatic carbocycles. The number of aryl methyl sites for hydroxylation is 1. The Morgan fingerprint density at radius 2 is 2.04 bits per heavy atom. The number of carbonyl (C=O) groups excluding carboxylic acids is 1. The molecule has 1 amide bonds. The molecule has 0 saturated carbocycles. The Kier molecular flexibility index (Phi) is 5.15. The third-order valence-corrected chi connectivity index (χ3v) is 3.59. The van der Waals surface area contributed by atoms with Crippen molar-refractivity contribution < 1.29 is 4.79 Å². The molecule has 0 aliphatic heterocycles.